The first-order valence-electron chi connectivity index (χ1n) is 8.88. The molecule has 1 aliphatic heterocycles. The van der Waals surface area contributed by atoms with E-state index in [9.17, 15) is 9.59 Å². The van der Waals surface area contributed by atoms with Crippen LogP contribution in [0.3, 0.4) is 0 Å². The summed E-state index contributed by atoms with van der Waals surface area (Å²) in [5.41, 5.74) is 3.78. The predicted molar refractivity (Wildman–Crippen MR) is 95.9 cm³/mol. The van der Waals surface area contributed by atoms with Gasteiger partial charge in [-0.25, -0.2) is 0 Å². The van der Waals surface area contributed by atoms with Gasteiger partial charge in [0.15, 0.2) is 5.78 Å². The molecule has 0 radical (unpaired) electrons. The normalized spacial score (nSPS) is 18.1. The van der Waals surface area contributed by atoms with Crippen LogP contribution in [0.4, 0.5) is 0 Å². The third-order valence-electron chi connectivity index (χ3n) is 5.09. The molecule has 25 heavy (non-hydrogen) atoms. The van der Waals surface area contributed by atoms with Gasteiger partial charge in [-0.15, -0.1) is 0 Å². The number of carbonyl (C=O) groups is 2. The van der Waals surface area contributed by atoms with Gasteiger partial charge in [0.2, 0.25) is 0 Å². The smallest absolute Gasteiger partial charge is 0.253 e. The van der Waals surface area contributed by atoms with Crippen molar-refractivity contribution in [1.29, 1.82) is 0 Å². The molecule has 1 atom stereocenters. The summed E-state index contributed by atoms with van der Waals surface area (Å²) in [4.78, 5) is 27.3. The van der Waals surface area contributed by atoms with Gasteiger partial charge in [0, 0.05) is 36.4 Å². The van der Waals surface area contributed by atoms with Crippen molar-refractivity contribution in [2.45, 2.75) is 25.9 Å². The van der Waals surface area contributed by atoms with Crippen molar-refractivity contribution in [3.05, 3.63) is 59.2 Å². The van der Waals surface area contributed by atoms with Crippen LogP contribution in [-0.4, -0.2) is 42.4 Å². The summed E-state index contributed by atoms with van der Waals surface area (Å²) < 4.78 is 5.66. The Bertz CT molecular complexity index is 837. The topological polar surface area (TPSA) is 46.6 Å². The van der Waals surface area contributed by atoms with Gasteiger partial charge < -0.3 is 9.64 Å². The molecule has 0 saturated carbocycles. The lowest BCUT2D eigenvalue weighted by molar-refractivity contribution is 0.0539. The fourth-order valence-electron chi connectivity index (χ4n) is 3.73. The van der Waals surface area contributed by atoms with E-state index in [4.69, 9.17) is 4.74 Å². The molecule has 4 nitrogen and oxygen atoms in total. The lowest BCUT2D eigenvalue weighted by atomic mass is 10.0. The molecule has 0 bridgehead atoms. The Morgan fingerprint density at radius 3 is 2.60 bits per heavy atom. The second kappa shape index (κ2) is 6.45. The Hall–Kier alpha value is -2.46. The molecular formula is C21H21NO3. The van der Waals surface area contributed by atoms with E-state index in [0.29, 0.717) is 29.8 Å². The summed E-state index contributed by atoms with van der Waals surface area (Å²) in [5.74, 6) is -0.0352. The van der Waals surface area contributed by atoms with E-state index >= 15 is 0 Å². The molecule has 0 aromatic heterocycles. The van der Waals surface area contributed by atoms with E-state index in [0.717, 1.165) is 30.6 Å². The number of ether oxygens (including phenoxy) is 1. The van der Waals surface area contributed by atoms with Crippen LogP contribution in [0.2, 0.25) is 0 Å². The standard InChI is InChI=1S/C21H21NO3/c1-2-22(13-15-6-5-11-25-15)21(24)14-9-10-17-16-7-3-4-8-18(16)20(23)19(17)12-14/h3-4,7-10,12,15H,2,5-6,11,13H2,1H3/t15-/m1/s1. The van der Waals surface area contributed by atoms with Gasteiger partial charge in [0.25, 0.3) is 5.91 Å². The molecule has 1 fully saturated rings. The maximum Gasteiger partial charge on any atom is 0.253 e. The van der Waals surface area contributed by atoms with Crippen LogP contribution in [0.5, 0.6) is 0 Å². The van der Waals surface area contributed by atoms with Gasteiger partial charge >= 0.3 is 0 Å². The number of fused-ring (bicyclic) bond motifs is 3. The molecule has 4 heteroatoms. The van der Waals surface area contributed by atoms with Crippen molar-refractivity contribution in [1.82, 2.24) is 4.90 Å². The summed E-state index contributed by atoms with van der Waals surface area (Å²) in [6.45, 7) is 3.99. The van der Waals surface area contributed by atoms with E-state index in [-0.39, 0.29) is 17.8 Å². The summed E-state index contributed by atoms with van der Waals surface area (Å²) in [7, 11) is 0. The van der Waals surface area contributed by atoms with Crippen molar-refractivity contribution in [2.75, 3.05) is 19.7 Å². The fourth-order valence-corrected chi connectivity index (χ4v) is 3.73. The number of hydrogen-bond acceptors (Lipinski definition) is 3. The highest BCUT2D eigenvalue weighted by Crippen LogP contribution is 2.36. The third kappa shape index (κ3) is 2.76. The molecule has 2 aliphatic rings. The number of likely N-dealkylation sites (N-methyl/N-ethyl adjacent to an activating group) is 1. The van der Waals surface area contributed by atoms with Gasteiger partial charge in [-0.2, -0.15) is 0 Å². The number of ketones is 1. The number of benzene rings is 2. The number of rotatable bonds is 4. The van der Waals surface area contributed by atoms with E-state index in [1.54, 1.807) is 6.07 Å². The number of nitrogens with zero attached hydrogens (tertiary/aromatic N) is 1. The molecule has 128 valence electrons. The quantitative estimate of drug-likeness (QED) is 0.733. The highest BCUT2D eigenvalue weighted by Gasteiger charge is 2.28. The summed E-state index contributed by atoms with van der Waals surface area (Å²) >= 11 is 0. The zero-order valence-electron chi connectivity index (χ0n) is 14.3. The van der Waals surface area contributed by atoms with Gasteiger partial charge in [0.05, 0.1) is 6.10 Å². The first-order chi connectivity index (χ1) is 12.2. The van der Waals surface area contributed by atoms with Crippen molar-refractivity contribution in [3.8, 4) is 11.1 Å². The second-order valence-corrected chi connectivity index (χ2v) is 6.61. The number of amides is 1. The van der Waals surface area contributed by atoms with E-state index < -0.39 is 0 Å². The lowest BCUT2D eigenvalue weighted by Crippen LogP contribution is -2.37. The molecule has 1 saturated heterocycles. The van der Waals surface area contributed by atoms with E-state index in [2.05, 4.69) is 0 Å². The fraction of sp³-hybridized carbons (Fsp3) is 0.333. The molecule has 2 aromatic rings. The average molecular weight is 335 g/mol. The summed E-state index contributed by atoms with van der Waals surface area (Å²) in [6, 6.07) is 13.1. The molecule has 2 aromatic carbocycles. The summed E-state index contributed by atoms with van der Waals surface area (Å²) in [6.07, 6.45) is 2.19. The van der Waals surface area contributed by atoms with Gasteiger partial charge in [-0.1, -0.05) is 30.3 Å². The van der Waals surface area contributed by atoms with Gasteiger partial charge in [-0.05, 0) is 43.0 Å². The van der Waals surface area contributed by atoms with Crippen LogP contribution in [-0.2, 0) is 4.74 Å². The second-order valence-electron chi connectivity index (χ2n) is 6.61. The van der Waals surface area contributed by atoms with E-state index in [1.807, 2.05) is 48.2 Å². The molecule has 4 rings (SSSR count). The van der Waals surface area contributed by atoms with Crippen LogP contribution in [0.1, 0.15) is 46.0 Å². The largest absolute Gasteiger partial charge is 0.376 e. The first-order valence-corrected chi connectivity index (χ1v) is 8.88. The Morgan fingerprint density at radius 2 is 1.88 bits per heavy atom. The zero-order chi connectivity index (χ0) is 17.4. The molecule has 0 N–H and O–H groups in total. The van der Waals surface area contributed by atoms with Gasteiger partial charge in [-0.3, -0.25) is 9.59 Å². The minimum absolute atomic E-state index is 0.00225. The SMILES string of the molecule is CCN(C[C@H]1CCCO1)C(=O)c1ccc2c(c1)C(=O)c1ccccc1-2. The van der Waals surface area contributed by atoms with Crippen LogP contribution < -0.4 is 0 Å². The van der Waals surface area contributed by atoms with Crippen molar-refractivity contribution < 1.29 is 14.3 Å². The Balaban J connectivity index is 1.61. The summed E-state index contributed by atoms with van der Waals surface area (Å²) in [5, 5.41) is 0. The maximum absolute atomic E-state index is 12.9. The molecule has 0 unspecified atom stereocenters. The third-order valence-corrected chi connectivity index (χ3v) is 5.09. The van der Waals surface area contributed by atoms with Crippen LogP contribution in [0.15, 0.2) is 42.5 Å². The average Bonchev–Trinajstić information content (AvgIpc) is 3.26. The van der Waals surface area contributed by atoms with Crippen molar-refractivity contribution in [3.63, 3.8) is 0 Å². The molecule has 1 heterocycles. The molecule has 0 spiro atoms. The molecular weight excluding hydrogens is 314 g/mol. The van der Waals surface area contributed by atoms with Crippen LogP contribution >= 0.6 is 0 Å². The maximum atomic E-state index is 12.9. The molecule has 1 amide bonds. The molecule has 1 aliphatic carbocycles. The minimum atomic E-state index is -0.0374. The zero-order valence-corrected chi connectivity index (χ0v) is 14.3. The first kappa shape index (κ1) is 16.0. The lowest BCUT2D eigenvalue weighted by Gasteiger charge is -2.24. The highest BCUT2D eigenvalue weighted by molar-refractivity contribution is 6.22. The van der Waals surface area contributed by atoms with E-state index in [1.165, 1.54) is 0 Å². The Kier molecular flexibility index (Phi) is 4.14. The Labute approximate surface area is 147 Å². The van der Waals surface area contributed by atoms with Crippen LogP contribution in [0, 0.1) is 0 Å². The highest BCUT2D eigenvalue weighted by atomic mass is 16.5. The number of carbonyl (C=O) groups excluding carboxylic acids is 2. The predicted octanol–water partition coefficient (Wildman–Crippen LogP) is 3.54. The number of hydrogen-bond donors (Lipinski definition) is 0. The van der Waals surface area contributed by atoms with Gasteiger partial charge in [0.1, 0.15) is 0 Å². The van der Waals surface area contributed by atoms with Crippen LogP contribution in [0.25, 0.3) is 11.1 Å². The minimum Gasteiger partial charge on any atom is -0.376 e. The van der Waals surface area contributed by atoms with Crippen molar-refractivity contribution in [2.24, 2.45) is 0 Å². The monoisotopic (exact) mass is 335 g/mol. The Morgan fingerprint density at radius 1 is 1.12 bits per heavy atom. The van der Waals surface area contributed by atoms with Crippen molar-refractivity contribution >= 4 is 11.7 Å².